The molecule has 0 amide bonds. The summed E-state index contributed by atoms with van der Waals surface area (Å²) < 4.78 is 12.2. The topological polar surface area (TPSA) is 30.5 Å². The molecule has 0 aromatic heterocycles. The predicted octanol–water partition coefficient (Wildman–Crippen LogP) is 4.03. The van der Waals surface area contributed by atoms with E-state index < -0.39 is 0 Å². The van der Waals surface area contributed by atoms with Gasteiger partial charge in [-0.3, -0.25) is 0 Å². The molecular weight excluding hydrogens is 309 g/mol. The fourth-order valence-corrected chi connectivity index (χ4v) is 2.91. The van der Waals surface area contributed by atoms with Gasteiger partial charge in [0, 0.05) is 12.2 Å². The molecule has 0 radical (unpaired) electrons. The molecule has 132 valence electrons. The van der Waals surface area contributed by atoms with E-state index in [-0.39, 0.29) is 18.3 Å². The molecule has 0 bridgehead atoms. The normalized spacial score (nSPS) is 18.3. The van der Waals surface area contributed by atoms with Gasteiger partial charge in [0.05, 0.1) is 11.2 Å². The number of hydrogen-bond donors (Lipinski definition) is 1. The van der Waals surface area contributed by atoms with Gasteiger partial charge in [-0.2, -0.15) is 0 Å². The van der Waals surface area contributed by atoms with Crippen LogP contribution in [0.25, 0.3) is 0 Å². The molecule has 0 saturated carbocycles. The predicted molar refractivity (Wildman–Crippen MR) is 105 cm³/mol. The molecule has 0 atom stereocenters. The van der Waals surface area contributed by atoms with Gasteiger partial charge in [0.2, 0.25) is 0 Å². The highest BCUT2D eigenvalue weighted by Gasteiger charge is 2.51. The van der Waals surface area contributed by atoms with Crippen molar-refractivity contribution in [2.75, 3.05) is 11.9 Å². The summed E-state index contributed by atoms with van der Waals surface area (Å²) in [5, 5.41) is 3.48. The van der Waals surface area contributed by atoms with Crippen LogP contribution in [0.1, 0.15) is 39.7 Å². The van der Waals surface area contributed by atoms with Gasteiger partial charge >= 0.3 is 7.12 Å². The van der Waals surface area contributed by atoms with Crippen LogP contribution in [0.2, 0.25) is 0 Å². The van der Waals surface area contributed by atoms with Crippen LogP contribution in [0.4, 0.5) is 5.69 Å². The monoisotopic (exact) mass is 337 g/mol. The van der Waals surface area contributed by atoms with E-state index in [2.05, 4.69) is 87.6 Å². The Morgan fingerprint density at radius 1 is 0.840 bits per heavy atom. The van der Waals surface area contributed by atoms with Crippen molar-refractivity contribution < 1.29 is 9.31 Å². The van der Waals surface area contributed by atoms with E-state index in [0.717, 1.165) is 30.5 Å². The van der Waals surface area contributed by atoms with Gasteiger partial charge in [0.25, 0.3) is 0 Å². The van der Waals surface area contributed by atoms with Crippen molar-refractivity contribution in [3.63, 3.8) is 0 Å². The third-order valence-electron chi connectivity index (χ3n) is 5.25. The summed E-state index contributed by atoms with van der Waals surface area (Å²) in [6, 6.07) is 19.0. The Morgan fingerprint density at radius 2 is 1.44 bits per heavy atom. The maximum Gasteiger partial charge on any atom is 0.494 e. The van der Waals surface area contributed by atoms with Gasteiger partial charge in [-0.1, -0.05) is 42.5 Å². The third-order valence-corrected chi connectivity index (χ3v) is 5.25. The van der Waals surface area contributed by atoms with Crippen molar-refractivity contribution in [3.8, 4) is 0 Å². The summed E-state index contributed by atoms with van der Waals surface area (Å²) in [7, 11) is -0.294. The van der Waals surface area contributed by atoms with Crippen molar-refractivity contribution in [2.24, 2.45) is 0 Å². The van der Waals surface area contributed by atoms with Crippen LogP contribution in [0.15, 0.2) is 54.6 Å². The van der Waals surface area contributed by atoms with Gasteiger partial charge in [-0.05, 0) is 63.7 Å². The summed E-state index contributed by atoms with van der Waals surface area (Å²) in [6.07, 6.45) is 2.21. The average molecular weight is 337 g/mol. The van der Waals surface area contributed by atoms with Crippen LogP contribution in [-0.4, -0.2) is 24.9 Å². The molecule has 2 aromatic rings. The first-order valence-corrected chi connectivity index (χ1v) is 9.11. The minimum Gasteiger partial charge on any atom is -0.399 e. The smallest absolute Gasteiger partial charge is 0.399 e. The van der Waals surface area contributed by atoms with E-state index in [1.54, 1.807) is 0 Å². The van der Waals surface area contributed by atoms with Gasteiger partial charge < -0.3 is 14.6 Å². The first-order valence-electron chi connectivity index (χ1n) is 9.11. The van der Waals surface area contributed by atoms with Crippen LogP contribution in [0.5, 0.6) is 0 Å². The van der Waals surface area contributed by atoms with E-state index in [0.29, 0.717) is 0 Å². The minimum absolute atomic E-state index is 0.294. The van der Waals surface area contributed by atoms with E-state index >= 15 is 0 Å². The van der Waals surface area contributed by atoms with Crippen LogP contribution < -0.4 is 10.8 Å². The quantitative estimate of drug-likeness (QED) is 0.638. The number of aryl methyl sites for hydroxylation is 1. The largest absolute Gasteiger partial charge is 0.494 e. The zero-order valence-electron chi connectivity index (χ0n) is 15.7. The molecule has 1 heterocycles. The number of hydrogen-bond acceptors (Lipinski definition) is 3. The molecule has 1 aliphatic heterocycles. The van der Waals surface area contributed by atoms with Crippen molar-refractivity contribution in [1.29, 1.82) is 0 Å². The Bertz CT molecular complexity index is 667. The highest BCUT2D eigenvalue weighted by atomic mass is 16.7. The summed E-state index contributed by atoms with van der Waals surface area (Å²) >= 11 is 0. The average Bonchev–Trinajstić information content (AvgIpc) is 2.81. The number of rotatable bonds is 6. The summed E-state index contributed by atoms with van der Waals surface area (Å²) in [5.41, 5.74) is 2.99. The van der Waals surface area contributed by atoms with Crippen LogP contribution in [0, 0.1) is 0 Å². The molecular formula is C21H28BNO2. The van der Waals surface area contributed by atoms with Crippen molar-refractivity contribution >= 4 is 18.3 Å². The standard InChI is InChI=1S/C21H28BNO2/c1-20(2)21(3,4)25-22(24-20)18-12-14-19(15-13-18)23-16-8-11-17-9-6-5-7-10-17/h5-7,9-10,12-15,23H,8,11,16H2,1-4H3. The fourth-order valence-electron chi connectivity index (χ4n) is 2.91. The SMILES string of the molecule is CC1(C)OB(c2ccc(NCCCc3ccccc3)cc2)OC1(C)C. The number of anilines is 1. The van der Waals surface area contributed by atoms with Crippen molar-refractivity contribution in [1.82, 2.24) is 0 Å². The molecule has 0 unspecified atom stereocenters. The highest BCUT2D eigenvalue weighted by Crippen LogP contribution is 2.36. The van der Waals surface area contributed by atoms with Crippen molar-refractivity contribution in [3.05, 3.63) is 60.2 Å². The van der Waals surface area contributed by atoms with Crippen LogP contribution in [-0.2, 0) is 15.7 Å². The molecule has 0 spiro atoms. The molecule has 1 aliphatic rings. The molecule has 25 heavy (non-hydrogen) atoms. The van der Waals surface area contributed by atoms with Gasteiger partial charge in [-0.25, -0.2) is 0 Å². The Morgan fingerprint density at radius 3 is 2.04 bits per heavy atom. The molecule has 1 N–H and O–H groups in total. The Balaban J connectivity index is 1.49. The second kappa shape index (κ2) is 7.23. The molecule has 0 aliphatic carbocycles. The van der Waals surface area contributed by atoms with Gasteiger partial charge in [-0.15, -0.1) is 0 Å². The highest BCUT2D eigenvalue weighted by molar-refractivity contribution is 6.62. The lowest BCUT2D eigenvalue weighted by molar-refractivity contribution is 0.00578. The van der Waals surface area contributed by atoms with Gasteiger partial charge in [0.1, 0.15) is 0 Å². The second-order valence-corrected chi connectivity index (χ2v) is 7.73. The van der Waals surface area contributed by atoms with Crippen LogP contribution >= 0.6 is 0 Å². The lowest BCUT2D eigenvalue weighted by Gasteiger charge is -2.32. The minimum atomic E-state index is -0.300. The summed E-state index contributed by atoms with van der Waals surface area (Å²) in [4.78, 5) is 0. The molecule has 1 fully saturated rings. The number of benzene rings is 2. The molecule has 3 rings (SSSR count). The molecule has 2 aromatic carbocycles. The van der Waals surface area contributed by atoms with Crippen LogP contribution in [0.3, 0.4) is 0 Å². The van der Waals surface area contributed by atoms with E-state index in [1.807, 2.05) is 0 Å². The Kier molecular flexibility index (Phi) is 5.21. The Hall–Kier alpha value is -1.78. The Labute approximate surface area is 151 Å². The first kappa shape index (κ1) is 18.0. The third kappa shape index (κ3) is 4.25. The fraction of sp³-hybridized carbons (Fsp3) is 0.429. The van der Waals surface area contributed by atoms with E-state index in [4.69, 9.17) is 9.31 Å². The molecule has 3 nitrogen and oxygen atoms in total. The summed E-state index contributed by atoms with van der Waals surface area (Å²) in [6.45, 7) is 9.28. The number of nitrogens with one attached hydrogen (secondary N) is 1. The van der Waals surface area contributed by atoms with E-state index in [1.165, 1.54) is 5.56 Å². The van der Waals surface area contributed by atoms with E-state index in [9.17, 15) is 0 Å². The lowest BCUT2D eigenvalue weighted by atomic mass is 9.79. The molecule has 4 heteroatoms. The zero-order chi connectivity index (χ0) is 17.9. The molecule has 1 saturated heterocycles. The maximum absolute atomic E-state index is 6.09. The van der Waals surface area contributed by atoms with Crippen molar-refractivity contribution in [2.45, 2.75) is 51.7 Å². The zero-order valence-corrected chi connectivity index (χ0v) is 15.7. The first-order chi connectivity index (χ1) is 11.9. The van der Waals surface area contributed by atoms with Gasteiger partial charge in [0.15, 0.2) is 0 Å². The summed E-state index contributed by atoms with van der Waals surface area (Å²) in [5.74, 6) is 0. The maximum atomic E-state index is 6.09. The second-order valence-electron chi connectivity index (χ2n) is 7.73. The lowest BCUT2D eigenvalue weighted by Crippen LogP contribution is -2.41.